The standard InChI is InChI=1S/C21H25N3O3/c1-5-15(4)22-19(25)21(27)17-8-6-7-9-18(17)23-20(26)24(21)16-11-10-13(2)14(3)12-16/h6-12,15,27H,5H2,1-4H3,(H,22,25)(H,23,26)/t15-,21+/m0/s1. The molecule has 0 bridgehead atoms. The van der Waals surface area contributed by atoms with E-state index in [4.69, 9.17) is 0 Å². The highest BCUT2D eigenvalue weighted by atomic mass is 16.3. The number of aryl methyl sites for hydroxylation is 2. The Balaban J connectivity index is 2.18. The molecule has 2 aromatic rings. The predicted octanol–water partition coefficient (Wildman–Crippen LogP) is 3.42. The first kappa shape index (κ1) is 18.9. The minimum atomic E-state index is -2.15. The summed E-state index contributed by atoms with van der Waals surface area (Å²) in [5, 5.41) is 17.2. The van der Waals surface area contributed by atoms with E-state index in [1.54, 1.807) is 36.4 Å². The zero-order valence-corrected chi connectivity index (χ0v) is 16.0. The maximum Gasteiger partial charge on any atom is 0.329 e. The molecular weight excluding hydrogens is 342 g/mol. The van der Waals surface area contributed by atoms with Gasteiger partial charge in [-0.05, 0) is 56.5 Å². The van der Waals surface area contributed by atoms with Crippen molar-refractivity contribution in [3.63, 3.8) is 0 Å². The molecule has 3 N–H and O–H groups in total. The number of fused-ring (bicyclic) bond motifs is 1. The number of benzene rings is 2. The van der Waals surface area contributed by atoms with Crippen molar-refractivity contribution >= 4 is 23.3 Å². The van der Waals surface area contributed by atoms with Crippen LogP contribution in [0, 0.1) is 13.8 Å². The Morgan fingerprint density at radius 2 is 1.93 bits per heavy atom. The van der Waals surface area contributed by atoms with E-state index < -0.39 is 17.7 Å². The van der Waals surface area contributed by atoms with Gasteiger partial charge in [-0.15, -0.1) is 0 Å². The van der Waals surface area contributed by atoms with Crippen molar-refractivity contribution in [2.24, 2.45) is 0 Å². The van der Waals surface area contributed by atoms with E-state index in [9.17, 15) is 14.7 Å². The van der Waals surface area contributed by atoms with Gasteiger partial charge in [-0.2, -0.15) is 0 Å². The summed E-state index contributed by atoms with van der Waals surface area (Å²) in [5.74, 6) is -0.627. The SMILES string of the molecule is CC[C@H](C)NC(=O)[C@]1(O)c2ccccc2NC(=O)N1c1ccc(C)c(C)c1. The van der Waals surface area contributed by atoms with E-state index in [0.717, 1.165) is 16.0 Å². The van der Waals surface area contributed by atoms with Crippen LogP contribution < -0.4 is 15.5 Å². The number of hydrogen-bond donors (Lipinski definition) is 3. The third kappa shape index (κ3) is 3.17. The quantitative estimate of drug-likeness (QED) is 0.774. The molecule has 1 aliphatic heterocycles. The molecule has 1 aliphatic rings. The normalized spacial score (nSPS) is 19.9. The first-order valence-corrected chi connectivity index (χ1v) is 9.10. The highest BCUT2D eigenvalue weighted by Gasteiger charge is 2.52. The van der Waals surface area contributed by atoms with E-state index in [1.807, 2.05) is 33.8 Å². The summed E-state index contributed by atoms with van der Waals surface area (Å²) in [4.78, 5) is 27.2. The fraction of sp³-hybridized carbons (Fsp3) is 0.333. The average Bonchev–Trinajstić information content (AvgIpc) is 2.64. The topological polar surface area (TPSA) is 81.7 Å². The number of hydrogen-bond acceptors (Lipinski definition) is 3. The number of rotatable bonds is 4. The van der Waals surface area contributed by atoms with E-state index >= 15 is 0 Å². The molecule has 6 nitrogen and oxygen atoms in total. The molecule has 3 amide bonds. The summed E-state index contributed by atoms with van der Waals surface area (Å²) in [6.45, 7) is 7.69. The number of carbonyl (C=O) groups excluding carboxylic acids is 2. The van der Waals surface area contributed by atoms with Gasteiger partial charge in [-0.1, -0.05) is 31.2 Å². The molecule has 0 unspecified atom stereocenters. The van der Waals surface area contributed by atoms with Crippen molar-refractivity contribution in [3.05, 3.63) is 59.2 Å². The van der Waals surface area contributed by atoms with E-state index in [0.29, 0.717) is 23.4 Å². The van der Waals surface area contributed by atoms with Gasteiger partial charge in [0.05, 0.1) is 5.69 Å². The van der Waals surface area contributed by atoms with Crippen LogP contribution in [0.2, 0.25) is 0 Å². The summed E-state index contributed by atoms with van der Waals surface area (Å²) >= 11 is 0. The minimum absolute atomic E-state index is 0.139. The lowest BCUT2D eigenvalue weighted by Gasteiger charge is -2.43. The van der Waals surface area contributed by atoms with E-state index in [2.05, 4.69) is 10.6 Å². The maximum absolute atomic E-state index is 13.2. The maximum atomic E-state index is 13.2. The van der Waals surface area contributed by atoms with Gasteiger partial charge in [0, 0.05) is 17.3 Å². The van der Waals surface area contributed by atoms with Crippen molar-refractivity contribution in [2.45, 2.75) is 45.9 Å². The number of nitrogens with one attached hydrogen (secondary N) is 2. The number of carbonyl (C=O) groups is 2. The van der Waals surface area contributed by atoms with Gasteiger partial charge in [0.2, 0.25) is 0 Å². The molecule has 2 aromatic carbocycles. The molecule has 2 atom stereocenters. The van der Waals surface area contributed by atoms with Crippen molar-refractivity contribution in [3.8, 4) is 0 Å². The molecule has 0 saturated carbocycles. The number of amides is 3. The van der Waals surface area contributed by atoms with Crippen LogP contribution in [0.25, 0.3) is 0 Å². The molecule has 0 saturated heterocycles. The number of urea groups is 1. The van der Waals surface area contributed by atoms with E-state index in [-0.39, 0.29) is 6.04 Å². The second-order valence-electron chi connectivity index (χ2n) is 7.03. The molecule has 0 radical (unpaired) electrons. The molecule has 27 heavy (non-hydrogen) atoms. The van der Waals surface area contributed by atoms with Crippen molar-refractivity contribution < 1.29 is 14.7 Å². The summed E-state index contributed by atoms with van der Waals surface area (Å²) in [6, 6.07) is 11.5. The summed E-state index contributed by atoms with van der Waals surface area (Å²) in [7, 11) is 0. The number of para-hydroxylation sites is 1. The highest BCUT2D eigenvalue weighted by molar-refractivity contribution is 6.11. The molecule has 3 rings (SSSR count). The van der Waals surface area contributed by atoms with Gasteiger partial charge in [0.25, 0.3) is 11.6 Å². The van der Waals surface area contributed by atoms with Gasteiger partial charge < -0.3 is 15.7 Å². The van der Waals surface area contributed by atoms with Crippen LogP contribution in [0.15, 0.2) is 42.5 Å². The molecule has 1 heterocycles. The van der Waals surface area contributed by atoms with Crippen LogP contribution >= 0.6 is 0 Å². The average molecular weight is 367 g/mol. The third-order valence-corrected chi connectivity index (χ3v) is 5.13. The van der Waals surface area contributed by atoms with Crippen molar-refractivity contribution in [1.29, 1.82) is 0 Å². The Labute approximate surface area is 159 Å². The first-order valence-electron chi connectivity index (χ1n) is 9.10. The van der Waals surface area contributed by atoms with Crippen LogP contribution in [0.5, 0.6) is 0 Å². The molecule has 142 valence electrons. The lowest BCUT2D eigenvalue weighted by Crippen LogP contribution is -2.63. The Bertz CT molecular complexity index is 896. The van der Waals surface area contributed by atoms with E-state index in [1.165, 1.54) is 0 Å². The van der Waals surface area contributed by atoms with Crippen LogP contribution in [0.1, 0.15) is 37.0 Å². The second-order valence-corrected chi connectivity index (χ2v) is 7.03. The van der Waals surface area contributed by atoms with Crippen molar-refractivity contribution in [1.82, 2.24) is 5.32 Å². The summed E-state index contributed by atoms with van der Waals surface area (Å²) in [6.07, 6.45) is 0.708. The highest BCUT2D eigenvalue weighted by Crippen LogP contribution is 2.40. The Morgan fingerprint density at radius 1 is 1.22 bits per heavy atom. The third-order valence-electron chi connectivity index (χ3n) is 5.13. The molecule has 0 aliphatic carbocycles. The minimum Gasteiger partial charge on any atom is -0.359 e. The lowest BCUT2D eigenvalue weighted by molar-refractivity contribution is -0.140. The largest absolute Gasteiger partial charge is 0.359 e. The van der Waals surface area contributed by atoms with Crippen molar-refractivity contribution in [2.75, 3.05) is 10.2 Å². The lowest BCUT2D eigenvalue weighted by atomic mass is 9.94. The van der Waals surface area contributed by atoms with Gasteiger partial charge in [0.15, 0.2) is 0 Å². The Morgan fingerprint density at radius 3 is 2.59 bits per heavy atom. The predicted molar refractivity (Wildman–Crippen MR) is 106 cm³/mol. The smallest absolute Gasteiger partial charge is 0.329 e. The summed E-state index contributed by atoms with van der Waals surface area (Å²) in [5.41, 5.74) is 1.08. The second kappa shape index (κ2) is 7.04. The number of aliphatic hydroxyl groups is 1. The zero-order chi connectivity index (χ0) is 19.8. The number of anilines is 2. The molecule has 6 heteroatoms. The molecule has 0 spiro atoms. The van der Waals surface area contributed by atoms with Crippen LogP contribution in [0.4, 0.5) is 16.2 Å². The summed E-state index contributed by atoms with van der Waals surface area (Å²) < 4.78 is 0. The molecule has 0 fully saturated rings. The van der Waals surface area contributed by atoms with Gasteiger partial charge >= 0.3 is 6.03 Å². The fourth-order valence-corrected chi connectivity index (χ4v) is 3.15. The first-order chi connectivity index (χ1) is 12.8. The van der Waals surface area contributed by atoms with Gasteiger partial charge in [-0.3, -0.25) is 9.69 Å². The number of nitrogens with zero attached hydrogens (tertiary/aromatic N) is 1. The van der Waals surface area contributed by atoms with Crippen LogP contribution in [-0.4, -0.2) is 23.1 Å². The van der Waals surface area contributed by atoms with Crippen LogP contribution in [0.3, 0.4) is 0 Å². The molecular formula is C21H25N3O3. The molecule has 0 aromatic heterocycles. The Kier molecular flexibility index (Phi) is 4.93. The zero-order valence-electron chi connectivity index (χ0n) is 16.0. The monoisotopic (exact) mass is 367 g/mol. The van der Waals surface area contributed by atoms with Gasteiger partial charge in [-0.25, -0.2) is 4.79 Å². The fourth-order valence-electron chi connectivity index (χ4n) is 3.15. The van der Waals surface area contributed by atoms with Gasteiger partial charge in [0.1, 0.15) is 0 Å². The Hall–Kier alpha value is -2.86. The van der Waals surface area contributed by atoms with Crippen LogP contribution in [-0.2, 0) is 10.5 Å².